The molecule has 94 valence electrons. The molecule has 5 nitrogen and oxygen atoms in total. The number of hydrogen-bond donors (Lipinski definition) is 1. The normalized spacial score (nSPS) is 16.4. The van der Waals surface area contributed by atoms with Gasteiger partial charge in [-0.2, -0.15) is 5.26 Å². The lowest BCUT2D eigenvalue weighted by Gasteiger charge is -2.32. The lowest BCUT2D eigenvalue weighted by Crippen LogP contribution is -2.30. The molecule has 1 atom stereocenters. The zero-order chi connectivity index (χ0) is 13.1. The van der Waals surface area contributed by atoms with Crippen LogP contribution in [0.15, 0.2) is 18.2 Å². The van der Waals surface area contributed by atoms with E-state index in [4.69, 9.17) is 5.26 Å². The highest BCUT2D eigenvalue weighted by molar-refractivity contribution is 5.59. The molecule has 0 bridgehead atoms. The van der Waals surface area contributed by atoms with Gasteiger partial charge >= 0.3 is 0 Å². The first-order valence-electron chi connectivity index (χ1n) is 6.07. The van der Waals surface area contributed by atoms with Gasteiger partial charge in [-0.05, 0) is 37.8 Å². The summed E-state index contributed by atoms with van der Waals surface area (Å²) >= 11 is 0. The second kappa shape index (κ2) is 5.05. The summed E-state index contributed by atoms with van der Waals surface area (Å²) in [6.07, 6.45) is 3.70. The number of nitrogens with one attached hydrogen (secondary N) is 1. The van der Waals surface area contributed by atoms with Gasteiger partial charge in [-0.1, -0.05) is 6.42 Å². The van der Waals surface area contributed by atoms with Gasteiger partial charge in [-0.25, -0.2) is 0 Å². The van der Waals surface area contributed by atoms with Crippen LogP contribution < -0.4 is 5.32 Å². The number of rotatable bonds is 4. The van der Waals surface area contributed by atoms with Crippen LogP contribution in [0.25, 0.3) is 0 Å². The topological polar surface area (TPSA) is 79.0 Å². The van der Waals surface area contributed by atoms with Crippen molar-refractivity contribution in [1.29, 1.82) is 5.26 Å². The van der Waals surface area contributed by atoms with E-state index in [1.54, 1.807) is 6.07 Å². The van der Waals surface area contributed by atoms with Crippen molar-refractivity contribution in [2.75, 3.05) is 5.32 Å². The van der Waals surface area contributed by atoms with Crippen molar-refractivity contribution in [1.82, 2.24) is 0 Å². The number of benzene rings is 1. The first-order valence-corrected chi connectivity index (χ1v) is 6.07. The van der Waals surface area contributed by atoms with E-state index in [2.05, 4.69) is 12.2 Å². The van der Waals surface area contributed by atoms with Gasteiger partial charge in [-0.15, -0.1) is 0 Å². The highest BCUT2D eigenvalue weighted by Gasteiger charge is 2.24. The van der Waals surface area contributed by atoms with Gasteiger partial charge < -0.3 is 5.32 Å². The highest BCUT2D eigenvalue weighted by atomic mass is 16.6. The van der Waals surface area contributed by atoms with Crippen LogP contribution >= 0.6 is 0 Å². The molecule has 0 aliphatic heterocycles. The number of hydrogen-bond acceptors (Lipinski definition) is 4. The van der Waals surface area contributed by atoms with Crippen LogP contribution in [0, 0.1) is 27.4 Å². The molecule has 0 radical (unpaired) electrons. The maximum Gasteiger partial charge on any atom is 0.289 e. The Kier molecular flexibility index (Phi) is 3.47. The Labute approximate surface area is 106 Å². The van der Waals surface area contributed by atoms with Gasteiger partial charge in [0.2, 0.25) is 0 Å². The van der Waals surface area contributed by atoms with E-state index in [0.717, 1.165) is 0 Å². The van der Waals surface area contributed by atoms with E-state index >= 15 is 0 Å². The number of anilines is 1. The third-order valence-corrected chi connectivity index (χ3v) is 3.57. The zero-order valence-electron chi connectivity index (χ0n) is 10.2. The van der Waals surface area contributed by atoms with Crippen molar-refractivity contribution in [3.63, 3.8) is 0 Å². The standard InChI is InChI=1S/C13H15N3O2/c1-9(10-3-2-4-10)15-12-6-5-11(8-14)13(7-12)16(17)18/h5-7,9-10,15H,2-4H2,1H3. The number of nitro benzene ring substituents is 1. The molecule has 0 amide bonds. The summed E-state index contributed by atoms with van der Waals surface area (Å²) in [7, 11) is 0. The van der Waals surface area contributed by atoms with Crippen molar-refractivity contribution in [3.8, 4) is 6.07 Å². The van der Waals surface area contributed by atoms with Crippen molar-refractivity contribution in [2.24, 2.45) is 5.92 Å². The molecule has 1 unspecified atom stereocenters. The van der Waals surface area contributed by atoms with E-state index in [9.17, 15) is 10.1 Å². The van der Waals surface area contributed by atoms with Crippen LogP contribution in [0.3, 0.4) is 0 Å². The smallest absolute Gasteiger partial charge is 0.289 e. The molecular weight excluding hydrogens is 230 g/mol. The Morgan fingerprint density at radius 3 is 2.78 bits per heavy atom. The van der Waals surface area contributed by atoms with Crippen LogP contribution in [-0.4, -0.2) is 11.0 Å². The first-order chi connectivity index (χ1) is 8.61. The monoisotopic (exact) mass is 245 g/mol. The van der Waals surface area contributed by atoms with Crippen LogP contribution in [0.1, 0.15) is 31.7 Å². The number of nitriles is 1. The Hall–Kier alpha value is -2.09. The first kappa shape index (κ1) is 12.4. The van der Waals surface area contributed by atoms with Crippen LogP contribution in [0.2, 0.25) is 0 Å². The van der Waals surface area contributed by atoms with E-state index in [-0.39, 0.29) is 11.3 Å². The SMILES string of the molecule is CC(Nc1ccc(C#N)c([N+](=O)[O-])c1)C1CCC1. The Morgan fingerprint density at radius 1 is 1.56 bits per heavy atom. The predicted molar refractivity (Wildman–Crippen MR) is 68.2 cm³/mol. The molecule has 1 saturated carbocycles. The Balaban J connectivity index is 2.16. The quantitative estimate of drug-likeness (QED) is 0.653. The molecule has 0 heterocycles. The van der Waals surface area contributed by atoms with Gasteiger partial charge in [0.15, 0.2) is 0 Å². The third-order valence-electron chi connectivity index (χ3n) is 3.57. The molecule has 1 aromatic rings. The minimum Gasteiger partial charge on any atom is -0.382 e. The van der Waals surface area contributed by atoms with Crippen molar-refractivity contribution in [2.45, 2.75) is 32.2 Å². The lowest BCUT2D eigenvalue weighted by atomic mass is 9.80. The molecule has 1 aromatic carbocycles. The lowest BCUT2D eigenvalue weighted by molar-refractivity contribution is -0.385. The van der Waals surface area contributed by atoms with Gasteiger partial charge in [-0.3, -0.25) is 10.1 Å². The maximum atomic E-state index is 10.8. The van der Waals surface area contributed by atoms with Crippen molar-refractivity contribution in [3.05, 3.63) is 33.9 Å². The average Bonchev–Trinajstić information content (AvgIpc) is 2.26. The van der Waals surface area contributed by atoms with Crippen LogP contribution in [0.5, 0.6) is 0 Å². The molecular formula is C13H15N3O2. The average molecular weight is 245 g/mol. The van der Waals surface area contributed by atoms with E-state index < -0.39 is 4.92 Å². The molecule has 2 rings (SSSR count). The summed E-state index contributed by atoms with van der Waals surface area (Å²) in [5.41, 5.74) is 0.672. The second-order valence-corrected chi connectivity index (χ2v) is 4.72. The summed E-state index contributed by atoms with van der Waals surface area (Å²) in [6, 6.07) is 6.80. The summed E-state index contributed by atoms with van der Waals surface area (Å²) in [4.78, 5) is 10.3. The Bertz CT molecular complexity index is 503. The second-order valence-electron chi connectivity index (χ2n) is 4.72. The molecule has 0 spiro atoms. The zero-order valence-corrected chi connectivity index (χ0v) is 10.2. The molecule has 5 heteroatoms. The van der Waals surface area contributed by atoms with E-state index in [1.807, 2.05) is 6.07 Å². The molecule has 1 aliphatic carbocycles. The molecule has 0 saturated heterocycles. The van der Waals surface area contributed by atoms with Gasteiger partial charge in [0, 0.05) is 17.8 Å². The minimum atomic E-state index is -0.516. The Morgan fingerprint density at radius 2 is 2.28 bits per heavy atom. The summed E-state index contributed by atoms with van der Waals surface area (Å²) in [5, 5.41) is 22.9. The fourth-order valence-electron chi connectivity index (χ4n) is 2.19. The van der Waals surface area contributed by atoms with Crippen molar-refractivity contribution >= 4 is 11.4 Å². The third kappa shape index (κ3) is 2.43. The van der Waals surface area contributed by atoms with Crippen LogP contribution in [0.4, 0.5) is 11.4 Å². The number of nitro groups is 1. The predicted octanol–water partition coefficient (Wildman–Crippen LogP) is 3.07. The van der Waals surface area contributed by atoms with E-state index in [1.165, 1.54) is 31.4 Å². The van der Waals surface area contributed by atoms with Gasteiger partial charge in [0.25, 0.3) is 5.69 Å². The largest absolute Gasteiger partial charge is 0.382 e. The highest BCUT2D eigenvalue weighted by Crippen LogP contribution is 2.32. The van der Waals surface area contributed by atoms with Gasteiger partial charge in [0.1, 0.15) is 11.6 Å². The fraction of sp³-hybridized carbons (Fsp3) is 0.462. The maximum absolute atomic E-state index is 10.8. The minimum absolute atomic E-state index is 0.0989. The summed E-state index contributed by atoms with van der Waals surface area (Å²) in [6.45, 7) is 2.09. The van der Waals surface area contributed by atoms with E-state index in [0.29, 0.717) is 17.6 Å². The van der Waals surface area contributed by atoms with Crippen LogP contribution in [-0.2, 0) is 0 Å². The van der Waals surface area contributed by atoms with Gasteiger partial charge in [0.05, 0.1) is 4.92 Å². The molecule has 1 fully saturated rings. The molecule has 1 aliphatic rings. The number of nitrogens with zero attached hydrogens (tertiary/aromatic N) is 2. The molecule has 18 heavy (non-hydrogen) atoms. The summed E-state index contributed by atoms with van der Waals surface area (Å²) in [5.74, 6) is 0.652. The molecule has 0 aromatic heterocycles. The van der Waals surface area contributed by atoms with Crippen molar-refractivity contribution < 1.29 is 4.92 Å². The summed E-state index contributed by atoms with van der Waals surface area (Å²) < 4.78 is 0. The fourth-order valence-corrected chi connectivity index (χ4v) is 2.19. The molecule has 1 N–H and O–H groups in total.